The number of hydrogen-bond donors (Lipinski definition) is 1. The van der Waals surface area contributed by atoms with E-state index in [-0.39, 0.29) is 11.7 Å². The van der Waals surface area contributed by atoms with Crippen molar-refractivity contribution in [3.05, 3.63) is 59.3 Å². The molecule has 1 amide bonds. The molecule has 0 fully saturated rings. The Morgan fingerprint density at radius 3 is 2.86 bits per heavy atom. The minimum Gasteiger partial charge on any atom is -0.485 e. The average molecular weight is 401 g/mol. The third-order valence-electron chi connectivity index (χ3n) is 4.39. The molecule has 1 aromatic carbocycles. The van der Waals surface area contributed by atoms with E-state index in [4.69, 9.17) is 9.15 Å². The van der Waals surface area contributed by atoms with E-state index in [0.29, 0.717) is 24.9 Å². The SMILES string of the molecule is CCn1c(COc2cccc(C)c2C)nnc1SCC(=O)NCc1ccco1. The van der Waals surface area contributed by atoms with Gasteiger partial charge in [-0.25, -0.2) is 0 Å². The summed E-state index contributed by atoms with van der Waals surface area (Å²) in [5.41, 5.74) is 2.30. The Hall–Kier alpha value is -2.74. The van der Waals surface area contributed by atoms with Crippen molar-refractivity contribution in [1.29, 1.82) is 0 Å². The standard InChI is InChI=1S/C20H24N4O3S/c1-4-24-18(12-27-17-9-5-7-14(2)15(17)3)22-23-20(24)28-13-19(25)21-11-16-8-6-10-26-16/h5-10H,4,11-13H2,1-3H3,(H,21,25). The zero-order valence-electron chi connectivity index (χ0n) is 16.3. The number of rotatable bonds is 9. The summed E-state index contributed by atoms with van der Waals surface area (Å²) in [7, 11) is 0. The number of nitrogens with one attached hydrogen (secondary N) is 1. The number of aromatic nitrogens is 3. The molecule has 0 unspecified atom stereocenters. The number of thioether (sulfide) groups is 1. The fraction of sp³-hybridized carbons (Fsp3) is 0.350. The molecule has 0 bridgehead atoms. The third-order valence-corrected chi connectivity index (χ3v) is 5.36. The molecular weight excluding hydrogens is 376 g/mol. The molecule has 1 N–H and O–H groups in total. The number of carbonyl (C=O) groups is 1. The highest BCUT2D eigenvalue weighted by Crippen LogP contribution is 2.22. The molecule has 2 heterocycles. The van der Waals surface area contributed by atoms with E-state index in [1.807, 2.05) is 36.6 Å². The quantitative estimate of drug-likeness (QED) is 0.554. The topological polar surface area (TPSA) is 82.2 Å². The summed E-state index contributed by atoms with van der Waals surface area (Å²) in [6, 6.07) is 9.60. The Labute approximate surface area is 168 Å². The molecule has 2 aromatic heterocycles. The first kappa shape index (κ1) is 20.0. The Bertz CT molecular complexity index is 922. The van der Waals surface area contributed by atoms with Crippen LogP contribution in [0.3, 0.4) is 0 Å². The molecule has 0 saturated carbocycles. The van der Waals surface area contributed by atoms with Crippen LogP contribution < -0.4 is 10.1 Å². The summed E-state index contributed by atoms with van der Waals surface area (Å²) in [4.78, 5) is 12.0. The molecule has 0 spiro atoms. The molecular formula is C20H24N4O3S. The maximum absolute atomic E-state index is 12.0. The number of nitrogens with zero attached hydrogens (tertiary/aromatic N) is 3. The number of ether oxygens (including phenoxy) is 1. The van der Waals surface area contributed by atoms with Gasteiger partial charge < -0.3 is 19.0 Å². The molecule has 0 saturated heterocycles. The maximum Gasteiger partial charge on any atom is 0.230 e. The average Bonchev–Trinajstić information content (AvgIpc) is 3.35. The molecule has 8 heteroatoms. The Morgan fingerprint density at radius 1 is 1.25 bits per heavy atom. The van der Waals surface area contributed by atoms with Crippen molar-refractivity contribution in [3.63, 3.8) is 0 Å². The molecule has 0 radical (unpaired) electrons. The van der Waals surface area contributed by atoms with E-state index in [0.717, 1.165) is 22.9 Å². The van der Waals surface area contributed by atoms with Crippen molar-refractivity contribution in [1.82, 2.24) is 20.1 Å². The van der Waals surface area contributed by atoms with Crippen LogP contribution in [0.4, 0.5) is 0 Å². The summed E-state index contributed by atoms with van der Waals surface area (Å²) in [5, 5.41) is 12.0. The van der Waals surface area contributed by atoms with Gasteiger partial charge in [0, 0.05) is 6.54 Å². The van der Waals surface area contributed by atoms with E-state index in [1.54, 1.807) is 12.3 Å². The van der Waals surface area contributed by atoms with Gasteiger partial charge in [-0.2, -0.15) is 0 Å². The summed E-state index contributed by atoms with van der Waals surface area (Å²) < 4.78 is 13.1. The summed E-state index contributed by atoms with van der Waals surface area (Å²) in [5.74, 6) is 2.48. The lowest BCUT2D eigenvalue weighted by atomic mass is 10.1. The largest absolute Gasteiger partial charge is 0.485 e. The fourth-order valence-electron chi connectivity index (χ4n) is 2.65. The molecule has 0 aliphatic rings. The van der Waals surface area contributed by atoms with E-state index in [2.05, 4.69) is 28.5 Å². The van der Waals surface area contributed by atoms with Gasteiger partial charge in [-0.3, -0.25) is 4.79 Å². The molecule has 0 aliphatic heterocycles. The van der Waals surface area contributed by atoms with Crippen LogP contribution in [0.5, 0.6) is 5.75 Å². The van der Waals surface area contributed by atoms with Crippen molar-refractivity contribution in [2.24, 2.45) is 0 Å². The van der Waals surface area contributed by atoms with Crippen LogP contribution in [0, 0.1) is 13.8 Å². The second-order valence-corrected chi connectivity index (χ2v) is 7.22. The van der Waals surface area contributed by atoms with Gasteiger partial charge >= 0.3 is 0 Å². The van der Waals surface area contributed by atoms with E-state index >= 15 is 0 Å². The Balaban J connectivity index is 1.55. The van der Waals surface area contributed by atoms with Crippen LogP contribution >= 0.6 is 11.8 Å². The molecule has 148 valence electrons. The minimum absolute atomic E-state index is 0.0831. The van der Waals surface area contributed by atoms with Crippen molar-refractivity contribution >= 4 is 17.7 Å². The zero-order valence-corrected chi connectivity index (χ0v) is 17.1. The first-order valence-corrected chi connectivity index (χ1v) is 10.1. The van der Waals surface area contributed by atoms with Crippen molar-refractivity contribution in [2.75, 3.05) is 5.75 Å². The third kappa shape index (κ3) is 4.95. The molecule has 3 aromatic rings. The van der Waals surface area contributed by atoms with Crippen LogP contribution in [0.1, 0.15) is 29.6 Å². The lowest BCUT2D eigenvalue weighted by Gasteiger charge is -2.11. The van der Waals surface area contributed by atoms with Crippen molar-refractivity contribution in [3.8, 4) is 5.75 Å². The molecule has 28 heavy (non-hydrogen) atoms. The first-order chi connectivity index (χ1) is 13.6. The predicted octanol–water partition coefficient (Wildman–Crippen LogP) is 3.50. The number of amides is 1. The van der Waals surface area contributed by atoms with E-state index in [1.165, 1.54) is 17.3 Å². The van der Waals surface area contributed by atoms with Crippen LogP contribution in [0.2, 0.25) is 0 Å². The number of benzene rings is 1. The lowest BCUT2D eigenvalue weighted by Crippen LogP contribution is -2.24. The maximum atomic E-state index is 12.0. The fourth-order valence-corrected chi connectivity index (χ4v) is 3.50. The van der Waals surface area contributed by atoms with Gasteiger partial charge in [-0.05, 0) is 50.1 Å². The van der Waals surface area contributed by atoms with Crippen molar-refractivity contribution in [2.45, 2.75) is 45.6 Å². The molecule has 3 rings (SSSR count). The second kappa shape index (κ2) is 9.45. The summed E-state index contributed by atoms with van der Waals surface area (Å²) in [6.07, 6.45) is 1.59. The predicted molar refractivity (Wildman–Crippen MR) is 107 cm³/mol. The monoisotopic (exact) mass is 400 g/mol. The van der Waals surface area contributed by atoms with Crippen LogP contribution in [0.15, 0.2) is 46.2 Å². The number of aryl methyl sites for hydroxylation is 1. The van der Waals surface area contributed by atoms with Gasteiger partial charge in [-0.1, -0.05) is 23.9 Å². The van der Waals surface area contributed by atoms with E-state index < -0.39 is 0 Å². The van der Waals surface area contributed by atoms with E-state index in [9.17, 15) is 4.79 Å². The number of carbonyl (C=O) groups excluding carboxylic acids is 1. The molecule has 0 aliphatic carbocycles. The van der Waals surface area contributed by atoms with Crippen LogP contribution in [-0.2, 0) is 24.5 Å². The second-order valence-electron chi connectivity index (χ2n) is 6.27. The zero-order chi connectivity index (χ0) is 19.9. The number of hydrogen-bond acceptors (Lipinski definition) is 6. The van der Waals surface area contributed by atoms with Gasteiger partial charge in [0.25, 0.3) is 0 Å². The Kier molecular flexibility index (Phi) is 6.76. The normalized spacial score (nSPS) is 10.8. The Morgan fingerprint density at radius 2 is 2.11 bits per heavy atom. The highest BCUT2D eigenvalue weighted by Gasteiger charge is 2.14. The van der Waals surface area contributed by atoms with Gasteiger partial charge in [0.05, 0.1) is 18.6 Å². The molecule has 0 atom stereocenters. The summed E-state index contributed by atoms with van der Waals surface area (Å²) in [6.45, 7) is 7.53. The van der Waals surface area contributed by atoms with Gasteiger partial charge in [-0.15, -0.1) is 10.2 Å². The highest BCUT2D eigenvalue weighted by molar-refractivity contribution is 7.99. The van der Waals surface area contributed by atoms with Gasteiger partial charge in [0.1, 0.15) is 18.1 Å². The van der Waals surface area contributed by atoms with Gasteiger partial charge in [0.2, 0.25) is 5.91 Å². The first-order valence-electron chi connectivity index (χ1n) is 9.11. The van der Waals surface area contributed by atoms with Crippen molar-refractivity contribution < 1.29 is 13.9 Å². The highest BCUT2D eigenvalue weighted by atomic mass is 32.2. The molecule has 7 nitrogen and oxygen atoms in total. The smallest absolute Gasteiger partial charge is 0.230 e. The lowest BCUT2D eigenvalue weighted by molar-refractivity contribution is -0.118. The minimum atomic E-state index is -0.0831. The van der Waals surface area contributed by atoms with Gasteiger partial charge in [0.15, 0.2) is 11.0 Å². The summed E-state index contributed by atoms with van der Waals surface area (Å²) >= 11 is 1.36. The number of furan rings is 1. The van der Waals surface area contributed by atoms with Crippen LogP contribution in [0.25, 0.3) is 0 Å². The van der Waals surface area contributed by atoms with Crippen LogP contribution in [-0.4, -0.2) is 26.4 Å².